The number of hydrogen-bond donors (Lipinski definition) is 1. The van der Waals surface area contributed by atoms with Gasteiger partial charge in [0.1, 0.15) is 11.6 Å². The van der Waals surface area contributed by atoms with Gasteiger partial charge in [-0.05, 0) is 43.9 Å². The van der Waals surface area contributed by atoms with Crippen LogP contribution in [0.25, 0.3) is 0 Å². The number of anilines is 1. The van der Waals surface area contributed by atoms with E-state index >= 15 is 0 Å². The van der Waals surface area contributed by atoms with Gasteiger partial charge in [-0.25, -0.2) is 9.97 Å². The number of hydrogen-bond acceptors (Lipinski definition) is 5. The Labute approximate surface area is 123 Å². The van der Waals surface area contributed by atoms with Crippen LogP contribution in [-0.2, 0) is 0 Å². The van der Waals surface area contributed by atoms with Gasteiger partial charge in [-0.15, -0.1) is 0 Å². The first kappa shape index (κ1) is 14.7. The number of likely N-dealkylation sites (N-methyl/N-ethyl adjacent to an activating group) is 2. The van der Waals surface area contributed by atoms with Crippen LogP contribution in [0.3, 0.4) is 0 Å². The van der Waals surface area contributed by atoms with Crippen LogP contribution < -0.4 is 5.32 Å². The van der Waals surface area contributed by atoms with Crippen molar-refractivity contribution in [2.75, 3.05) is 45.6 Å². The zero-order valence-corrected chi connectivity index (χ0v) is 13.7. The lowest BCUT2D eigenvalue weighted by Gasteiger charge is -2.36. The van der Waals surface area contributed by atoms with Crippen molar-refractivity contribution >= 4 is 21.7 Å². The van der Waals surface area contributed by atoms with Gasteiger partial charge in [0.05, 0.1) is 16.2 Å². The van der Waals surface area contributed by atoms with E-state index in [4.69, 9.17) is 4.98 Å². The van der Waals surface area contributed by atoms with Crippen molar-refractivity contribution in [2.45, 2.75) is 19.9 Å². The minimum atomic E-state index is 0.267. The van der Waals surface area contributed by atoms with E-state index in [1.165, 1.54) is 0 Å². The maximum Gasteiger partial charge on any atom is 0.149 e. The molecule has 1 aromatic rings. The van der Waals surface area contributed by atoms with Crippen LogP contribution in [0.1, 0.15) is 24.5 Å². The maximum absolute atomic E-state index is 4.69. The number of halogens is 1. The SMILES string of the molecule is CCNc1nc(C2CN(C)CCN2C)nc(C)c1Br. The summed E-state index contributed by atoms with van der Waals surface area (Å²) < 4.78 is 0.963. The van der Waals surface area contributed by atoms with Crippen LogP contribution in [0.2, 0.25) is 0 Å². The summed E-state index contributed by atoms with van der Waals surface area (Å²) in [5, 5.41) is 3.29. The molecule has 1 N–H and O–H groups in total. The summed E-state index contributed by atoms with van der Waals surface area (Å²) in [6, 6.07) is 0.267. The van der Waals surface area contributed by atoms with Crippen LogP contribution in [0, 0.1) is 6.92 Å². The molecule has 0 spiro atoms. The molecule has 2 heterocycles. The average molecular weight is 328 g/mol. The average Bonchev–Trinajstić information content (AvgIpc) is 2.38. The summed E-state index contributed by atoms with van der Waals surface area (Å²) in [5.74, 6) is 1.80. The Morgan fingerprint density at radius 1 is 1.32 bits per heavy atom. The van der Waals surface area contributed by atoms with E-state index in [1.807, 2.05) is 6.92 Å². The first-order chi connectivity index (χ1) is 9.02. The van der Waals surface area contributed by atoms with Crippen molar-refractivity contribution in [3.63, 3.8) is 0 Å². The second-order valence-electron chi connectivity index (χ2n) is 5.12. The number of aryl methyl sites for hydroxylation is 1. The zero-order chi connectivity index (χ0) is 14.0. The van der Waals surface area contributed by atoms with Gasteiger partial charge in [0.2, 0.25) is 0 Å². The Morgan fingerprint density at radius 3 is 2.74 bits per heavy atom. The predicted molar refractivity (Wildman–Crippen MR) is 81.5 cm³/mol. The van der Waals surface area contributed by atoms with Crippen molar-refractivity contribution in [2.24, 2.45) is 0 Å². The molecule has 19 heavy (non-hydrogen) atoms. The first-order valence-electron chi connectivity index (χ1n) is 6.69. The molecule has 1 aromatic heterocycles. The normalized spacial score (nSPS) is 21.6. The van der Waals surface area contributed by atoms with Crippen LogP contribution >= 0.6 is 15.9 Å². The lowest BCUT2D eigenvalue weighted by atomic mass is 10.1. The second kappa shape index (κ2) is 6.15. The van der Waals surface area contributed by atoms with Crippen LogP contribution in [0.15, 0.2) is 4.47 Å². The lowest BCUT2D eigenvalue weighted by molar-refractivity contribution is 0.109. The predicted octanol–water partition coefficient (Wildman–Crippen LogP) is 1.90. The highest BCUT2D eigenvalue weighted by molar-refractivity contribution is 9.10. The van der Waals surface area contributed by atoms with Gasteiger partial charge in [-0.1, -0.05) is 0 Å². The molecule has 5 nitrogen and oxygen atoms in total. The fraction of sp³-hybridized carbons (Fsp3) is 0.692. The molecule has 6 heteroatoms. The quantitative estimate of drug-likeness (QED) is 0.918. The van der Waals surface area contributed by atoms with E-state index in [-0.39, 0.29) is 6.04 Å². The highest BCUT2D eigenvalue weighted by Gasteiger charge is 2.27. The summed E-state index contributed by atoms with van der Waals surface area (Å²) in [4.78, 5) is 14.0. The van der Waals surface area contributed by atoms with E-state index < -0.39 is 0 Å². The molecule has 0 radical (unpaired) electrons. The van der Waals surface area contributed by atoms with Crippen molar-refractivity contribution in [3.8, 4) is 0 Å². The smallest absolute Gasteiger partial charge is 0.149 e. The highest BCUT2D eigenvalue weighted by Crippen LogP contribution is 2.27. The number of piperazine rings is 1. The Bertz CT molecular complexity index is 451. The molecule has 0 aromatic carbocycles. The van der Waals surface area contributed by atoms with Gasteiger partial charge < -0.3 is 10.2 Å². The number of rotatable bonds is 3. The molecule has 1 atom stereocenters. The number of nitrogens with one attached hydrogen (secondary N) is 1. The topological polar surface area (TPSA) is 44.3 Å². The molecule has 1 aliphatic rings. The molecule has 1 saturated heterocycles. The molecular weight excluding hydrogens is 306 g/mol. The fourth-order valence-electron chi connectivity index (χ4n) is 2.30. The van der Waals surface area contributed by atoms with Gasteiger partial charge in [0.25, 0.3) is 0 Å². The van der Waals surface area contributed by atoms with Crippen LogP contribution in [0.4, 0.5) is 5.82 Å². The van der Waals surface area contributed by atoms with Gasteiger partial charge in [0, 0.05) is 26.2 Å². The third-order valence-corrected chi connectivity index (χ3v) is 4.48. The maximum atomic E-state index is 4.69. The standard InChI is InChI=1S/C13H22BrN5/c1-5-15-13-11(14)9(2)16-12(17-13)10-8-18(3)6-7-19(10)4/h10H,5-8H2,1-4H3,(H,15,16,17). The minimum Gasteiger partial charge on any atom is -0.369 e. The minimum absolute atomic E-state index is 0.267. The monoisotopic (exact) mass is 327 g/mol. The highest BCUT2D eigenvalue weighted by atomic mass is 79.9. The Hall–Kier alpha value is -0.720. The van der Waals surface area contributed by atoms with E-state index in [2.05, 4.69) is 57.0 Å². The molecule has 2 rings (SSSR count). The van der Waals surface area contributed by atoms with E-state index in [0.29, 0.717) is 0 Å². The lowest BCUT2D eigenvalue weighted by Crippen LogP contribution is -2.45. The molecule has 106 valence electrons. The molecule has 1 fully saturated rings. The molecule has 1 aliphatic heterocycles. The number of nitrogens with zero attached hydrogens (tertiary/aromatic N) is 4. The molecule has 0 aliphatic carbocycles. The molecule has 0 amide bonds. The zero-order valence-electron chi connectivity index (χ0n) is 12.1. The first-order valence-corrected chi connectivity index (χ1v) is 7.49. The van der Waals surface area contributed by atoms with Crippen molar-refractivity contribution in [1.29, 1.82) is 0 Å². The van der Waals surface area contributed by atoms with Crippen molar-refractivity contribution in [3.05, 3.63) is 16.0 Å². The van der Waals surface area contributed by atoms with E-state index in [0.717, 1.165) is 48.0 Å². The van der Waals surface area contributed by atoms with Crippen molar-refractivity contribution < 1.29 is 0 Å². The fourth-order valence-corrected chi connectivity index (χ4v) is 2.62. The van der Waals surface area contributed by atoms with E-state index in [1.54, 1.807) is 0 Å². The van der Waals surface area contributed by atoms with Gasteiger partial charge in [-0.2, -0.15) is 0 Å². The van der Waals surface area contributed by atoms with Gasteiger partial charge >= 0.3 is 0 Å². The molecule has 0 saturated carbocycles. The summed E-state index contributed by atoms with van der Waals surface area (Å²) in [5.41, 5.74) is 0.988. The summed E-state index contributed by atoms with van der Waals surface area (Å²) in [7, 11) is 4.29. The largest absolute Gasteiger partial charge is 0.369 e. The number of aromatic nitrogens is 2. The van der Waals surface area contributed by atoms with Crippen LogP contribution in [0.5, 0.6) is 0 Å². The summed E-state index contributed by atoms with van der Waals surface area (Å²) >= 11 is 3.55. The van der Waals surface area contributed by atoms with Crippen molar-refractivity contribution in [1.82, 2.24) is 19.8 Å². The summed E-state index contributed by atoms with van der Waals surface area (Å²) in [6.07, 6.45) is 0. The molecule has 0 bridgehead atoms. The third kappa shape index (κ3) is 3.24. The molecule has 1 unspecified atom stereocenters. The Kier molecular flexibility index (Phi) is 4.76. The second-order valence-corrected chi connectivity index (χ2v) is 5.91. The van der Waals surface area contributed by atoms with Gasteiger partial charge in [0.15, 0.2) is 0 Å². The Morgan fingerprint density at radius 2 is 2.05 bits per heavy atom. The van der Waals surface area contributed by atoms with E-state index in [9.17, 15) is 0 Å². The van der Waals surface area contributed by atoms with Gasteiger partial charge in [-0.3, -0.25) is 4.90 Å². The molecular formula is C13H22BrN5. The third-order valence-electron chi connectivity index (χ3n) is 3.53. The Balaban J connectivity index is 2.33. The van der Waals surface area contributed by atoms with Crippen LogP contribution in [-0.4, -0.2) is 60.0 Å². The summed E-state index contributed by atoms with van der Waals surface area (Å²) in [6.45, 7) is 8.07.